The summed E-state index contributed by atoms with van der Waals surface area (Å²) in [6.45, 7) is 0.509. The second-order valence-corrected chi connectivity index (χ2v) is 6.20. The molecule has 2 heterocycles. The molecule has 0 radical (unpaired) electrons. The molecule has 0 fully saturated rings. The lowest BCUT2D eigenvalue weighted by molar-refractivity contribution is -0.404. The summed E-state index contributed by atoms with van der Waals surface area (Å²) in [6, 6.07) is 14.4. The number of nitrogens with one attached hydrogen (secondary N) is 1. The molecule has 11 heteroatoms. The van der Waals surface area contributed by atoms with Gasteiger partial charge in [-0.05, 0) is 36.4 Å². The number of rotatable bonds is 1. The molecule has 2 aliphatic rings. The van der Waals surface area contributed by atoms with Crippen LogP contribution in [0, 0.1) is 0 Å². The average molecular weight is 402 g/mol. The highest BCUT2D eigenvalue weighted by atomic mass is 35.5. The van der Waals surface area contributed by atoms with Gasteiger partial charge in [-0.25, -0.2) is 5.32 Å². The zero-order valence-corrected chi connectivity index (χ0v) is 14.5. The van der Waals surface area contributed by atoms with E-state index in [0.717, 1.165) is 11.3 Å². The molecule has 2 aromatic rings. The van der Waals surface area contributed by atoms with Crippen molar-refractivity contribution in [1.82, 2.24) is 5.32 Å². The molecule has 0 saturated heterocycles. The van der Waals surface area contributed by atoms with Crippen molar-refractivity contribution in [1.29, 1.82) is 0 Å². The first-order chi connectivity index (χ1) is 12.7. The van der Waals surface area contributed by atoms with Crippen molar-refractivity contribution in [2.24, 2.45) is 5.11 Å². The van der Waals surface area contributed by atoms with E-state index in [0.29, 0.717) is 23.7 Å². The van der Waals surface area contributed by atoms with Gasteiger partial charge in [0.2, 0.25) is 0 Å². The molecule has 0 aliphatic carbocycles. The summed E-state index contributed by atoms with van der Waals surface area (Å²) >= 11 is 5.90. The van der Waals surface area contributed by atoms with Crippen LogP contribution < -0.4 is 10.1 Å². The molecular formula is C16H13BClF4N3O2. The van der Waals surface area contributed by atoms with E-state index in [1.165, 1.54) is 4.70 Å². The standard InChI is InChI=1S/C16H12ClN3O2.BF4/c17-11-5-7-12(8-6-11)20-15(21)18-16(19-20)9-10-22-14-4-2-1-3-13(14)16;2-1(3,4)5/h1-8H,9-10H2;/q;-1/p+1. The van der Waals surface area contributed by atoms with Gasteiger partial charge in [-0.1, -0.05) is 33.5 Å². The van der Waals surface area contributed by atoms with Crippen molar-refractivity contribution in [2.45, 2.75) is 12.1 Å². The van der Waals surface area contributed by atoms with Crippen LogP contribution in [0.3, 0.4) is 0 Å². The molecular weight excluding hydrogens is 388 g/mol. The maximum atomic E-state index is 12.4. The van der Waals surface area contributed by atoms with E-state index in [1.54, 1.807) is 24.3 Å². The summed E-state index contributed by atoms with van der Waals surface area (Å²) in [5, 5.41) is 8.27. The van der Waals surface area contributed by atoms with Crippen LogP contribution in [-0.4, -0.2) is 24.6 Å². The first-order valence-electron chi connectivity index (χ1n) is 7.88. The second kappa shape index (κ2) is 7.18. The highest BCUT2D eigenvalue weighted by Gasteiger charge is 2.52. The SMILES string of the molecule is F[B-](F)(F)F.O=C1NC2(CCOc3ccccc32)N=[N+]1c1ccc(Cl)cc1. The third kappa shape index (κ3) is 4.38. The van der Waals surface area contributed by atoms with Gasteiger partial charge < -0.3 is 22.0 Å². The number of fused-ring (bicyclic) bond motifs is 2. The maximum Gasteiger partial charge on any atom is 0.673 e. The molecule has 0 saturated carbocycles. The van der Waals surface area contributed by atoms with Crippen molar-refractivity contribution >= 4 is 30.6 Å². The van der Waals surface area contributed by atoms with E-state index < -0.39 is 12.9 Å². The Morgan fingerprint density at radius 3 is 2.41 bits per heavy atom. The fraction of sp³-hybridized carbons (Fsp3) is 0.188. The summed E-state index contributed by atoms with van der Waals surface area (Å²) in [7, 11) is -6.00. The molecule has 2 amide bonds. The molecule has 0 bridgehead atoms. The molecule has 1 atom stereocenters. The Morgan fingerprint density at radius 1 is 1.11 bits per heavy atom. The van der Waals surface area contributed by atoms with Crippen LogP contribution in [0.2, 0.25) is 5.02 Å². The second-order valence-electron chi connectivity index (χ2n) is 5.77. The molecule has 142 valence electrons. The van der Waals surface area contributed by atoms with E-state index in [9.17, 15) is 22.1 Å². The van der Waals surface area contributed by atoms with Crippen LogP contribution in [0.5, 0.6) is 5.75 Å². The Balaban J connectivity index is 0.000000376. The molecule has 27 heavy (non-hydrogen) atoms. The summed E-state index contributed by atoms with van der Waals surface area (Å²) in [6.07, 6.45) is 0.597. The van der Waals surface area contributed by atoms with Gasteiger partial charge in [-0.3, -0.25) is 0 Å². The van der Waals surface area contributed by atoms with Crippen LogP contribution >= 0.6 is 11.6 Å². The number of hydrogen-bond acceptors (Lipinski definition) is 3. The minimum Gasteiger partial charge on any atom is -0.493 e. The van der Waals surface area contributed by atoms with Gasteiger partial charge >= 0.3 is 13.3 Å². The number of benzene rings is 2. The molecule has 1 unspecified atom stereocenters. The van der Waals surface area contributed by atoms with E-state index >= 15 is 0 Å². The largest absolute Gasteiger partial charge is 0.673 e. The smallest absolute Gasteiger partial charge is 0.493 e. The van der Waals surface area contributed by atoms with Gasteiger partial charge in [0.15, 0.2) is 5.69 Å². The molecule has 2 aromatic carbocycles. The summed E-state index contributed by atoms with van der Waals surface area (Å²) in [5.74, 6) is 0.760. The van der Waals surface area contributed by atoms with E-state index in [1.807, 2.05) is 24.3 Å². The minimum absolute atomic E-state index is 0.251. The normalized spacial score (nSPS) is 20.8. The van der Waals surface area contributed by atoms with Gasteiger partial charge in [0, 0.05) is 5.02 Å². The molecule has 1 N–H and O–H groups in total. The van der Waals surface area contributed by atoms with Crippen LogP contribution in [-0.2, 0) is 5.66 Å². The van der Waals surface area contributed by atoms with Crippen LogP contribution in [0.4, 0.5) is 27.7 Å². The number of halogens is 5. The Kier molecular flexibility index (Phi) is 5.10. The van der Waals surface area contributed by atoms with E-state index in [2.05, 4.69) is 10.4 Å². The molecule has 2 aliphatic heterocycles. The summed E-state index contributed by atoms with van der Waals surface area (Å²) in [4.78, 5) is 12.4. The van der Waals surface area contributed by atoms with Gasteiger partial charge in [-0.15, -0.1) is 0 Å². The lowest BCUT2D eigenvalue weighted by atomic mass is 9.94. The third-order valence-electron chi connectivity index (χ3n) is 3.90. The van der Waals surface area contributed by atoms with Gasteiger partial charge in [-0.2, -0.15) is 4.79 Å². The average Bonchev–Trinajstić information content (AvgIpc) is 2.92. The number of nitrogens with zero attached hydrogens (tertiary/aromatic N) is 2. The lowest BCUT2D eigenvalue weighted by Crippen LogP contribution is -2.43. The zero-order chi connectivity index (χ0) is 19.7. The molecule has 1 spiro atoms. The number of hydrogen-bond donors (Lipinski definition) is 1. The van der Waals surface area contributed by atoms with Crippen molar-refractivity contribution < 1.29 is 31.5 Å². The van der Waals surface area contributed by atoms with Crippen LogP contribution in [0.25, 0.3) is 0 Å². The summed E-state index contributed by atoms with van der Waals surface area (Å²) < 4.78 is 46.0. The quantitative estimate of drug-likeness (QED) is 0.411. The molecule has 5 nitrogen and oxygen atoms in total. The number of azo groups is 2. The topological polar surface area (TPSA) is 53.7 Å². The van der Waals surface area contributed by atoms with Gasteiger partial charge in [0.25, 0.3) is 5.66 Å². The monoisotopic (exact) mass is 401 g/mol. The Hall–Kier alpha value is -2.62. The molecule has 4 rings (SSSR count). The van der Waals surface area contributed by atoms with Gasteiger partial charge in [0.1, 0.15) is 5.75 Å². The molecule has 0 aromatic heterocycles. The number of carbonyl (C=O) groups is 1. The van der Waals surface area contributed by atoms with E-state index in [4.69, 9.17) is 16.3 Å². The first-order valence-corrected chi connectivity index (χ1v) is 8.26. The number of amides is 2. The van der Waals surface area contributed by atoms with Crippen molar-refractivity contribution in [3.05, 3.63) is 59.1 Å². The number of urea groups is 1. The van der Waals surface area contributed by atoms with Crippen molar-refractivity contribution in [3.8, 4) is 5.75 Å². The number of carbonyl (C=O) groups excluding carboxylic acids is 1. The Labute approximate surface area is 156 Å². The highest BCUT2D eigenvalue weighted by Crippen LogP contribution is 2.41. The predicted octanol–water partition coefficient (Wildman–Crippen LogP) is 5.09. The Morgan fingerprint density at radius 2 is 1.74 bits per heavy atom. The first kappa shape index (κ1) is 19.2. The fourth-order valence-electron chi connectivity index (χ4n) is 2.84. The van der Waals surface area contributed by atoms with Crippen LogP contribution in [0.1, 0.15) is 12.0 Å². The number of para-hydroxylation sites is 1. The Bertz CT molecular complexity index is 886. The number of ether oxygens (including phenoxy) is 1. The summed E-state index contributed by atoms with van der Waals surface area (Å²) in [5.41, 5.74) is 0.805. The lowest BCUT2D eigenvalue weighted by Gasteiger charge is -2.27. The van der Waals surface area contributed by atoms with Crippen LogP contribution in [0.15, 0.2) is 53.6 Å². The highest BCUT2D eigenvalue weighted by molar-refractivity contribution is 6.50. The fourth-order valence-corrected chi connectivity index (χ4v) is 2.97. The third-order valence-corrected chi connectivity index (χ3v) is 4.15. The predicted molar refractivity (Wildman–Crippen MR) is 90.8 cm³/mol. The minimum atomic E-state index is -6.00. The maximum absolute atomic E-state index is 12.4. The van der Waals surface area contributed by atoms with E-state index in [-0.39, 0.29) is 6.03 Å². The van der Waals surface area contributed by atoms with Gasteiger partial charge in [0.05, 0.1) is 18.6 Å². The zero-order valence-electron chi connectivity index (χ0n) is 13.7. The van der Waals surface area contributed by atoms with Crippen molar-refractivity contribution in [2.75, 3.05) is 6.61 Å². The van der Waals surface area contributed by atoms with Crippen molar-refractivity contribution in [3.63, 3.8) is 0 Å².